The van der Waals surface area contributed by atoms with Crippen LogP contribution in [0.25, 0.3) is 77.2 Å². The molecule has 0 radical (unpaired) electrons. The Labute approximate surface area is 549 Å². The molecule has 10 aromatic rings. The Morgan fingerprint density at radius 2 is 0.648 bits per heavy atom. The fraction of sp³-hybridized carbons (Fsp3) is 0.367. The zero-order chi connectivity index (χ0) is 62.0. The van der Waals surface area contributed by atoms with Gasteiger partial charge in [0, 0.05) is 69.6 Å². The number of aromatic hydroxyl groups is 4. The fourth-order valence-corrected chi connectivity index (χ4v) is 14.9. The summed E-state index contributed by atoms with van der Waals surface area (Å²) in [7, 11) is -3.68. The third-order valence-corrected chi connectivity index (χ3v) is 21.8. The van der Waals surface area contributed by atoms with E-state index in [0.29, 0.717) is 19.6 Å². The van der Waals surface area contributed by atoms with E-state index in [9.17, 15) is 10.2 Å². The van der Waals surface area contributed by atoms with E-state index in [1.165, 1.54) is 54.2 Å². The van der Waals surface area contributed by atoms with E-state index in [4.69, 9.17) is 9.47 Å². The Kier molecular flexibility index (Phi) is 19.4. The third-order valence-electron chi connectivity index (χ3n) is 17.7. The average Bonchev–Trinajstić information content (AvgIpc) is 1.64. The smallest absolute Gasteiger partial charge is 0.265 e. The van der Waals surface area contributed by atoms with Crippen molar-refractivity contribution in [2.75, 3.05) is 13.2 Å². The van der Waals surface area contributed by atoms with Crippen LogP contribution in [0, 0.1) is 42.5 Å². The minimum Gasteiger partial charge on any atom is -0.582 e. The topological polar surface area (TPSA) is 75.9 Å². The summed E-state index contributed by atoms with van der Waals surface area (Å²) >= 11 is 0. The molecule has 0 spiro atoms. The molecule has 6 nitrogen and oxygen atoms in total. The summed E-state index contributed by atoms with van der Waals surface area (Å²) in [4.78, 5) is 0. The maximum atomic E-state index is 13.1. The minimum absolute atomic E-state index is 0. The second-order valence-electron chi connectivity index (χ2n) is 31.0. The summed E-state index contributed by atoms with van der Waals surface area (Å²) in [6.07, 6.45) is 0.709. The second-order valence-corrected chi connectivity index (χ2v) is 41.1. The molecule has 0 atom stereocenters. The molecule has 0 saturated heterocycles. The summed E-state index contributed by atoms with van der Waals surface area (Å²) in [6, 6.07) is 45.4. The number of benzene rings is 8. The molecular formula is C79H102HfN2O4Si2. The van der Waals surface area contributed by atoms with E-state index in [0.717, 1.165) is 89.4 Å². The normalized spacial score (nSPS) is 12.6. The first kappa shape index (κ1) is 69.3. The predicted molar refractivity (Wildman–Crippen MR) is 386 cm³/mol. The molecule has 8 aromatic carbocycles. The number of fused-ring (bicyclic) bond motifs is 6. The van der Waals surface area contributed by atoms with Gasteiger partial charge in [-0.05, 0) is 143 Å². The van der Waals surface area contributed by atoms with Gasteiger partial charge in [-0.25, -0.2) is 0 Å². The van der Waals surface area contributed by atoms with Crippen LogP contribution >= 0.6 is 0 Å². The van der Waals surface area contributed by atoms with Crippen LogP contribution in [0.5, 0.6) is 23.0 Å². The van der Waals surface area contributed by atoms with Crippen LogP contribution in [-0.2, 0) is 47.5 Å². The zero-order valence-corrected chi connectivity index (χ0v) is 63.4. The largest absolute Gasteiger partial charge is 0.582 e. The first-order valence-electron chi connectivity index (χ1n) is 30.9. The van der Waals surface area contributed by atoms with Gasteiger partial charge < -0.3 is 43.7 Å². The fourth-order valence-electron chi connectivity index (χ4n) is 12.4. The molecule has 0 aliphatic heterocycles. The van der Waals surface area contributed by atoms with Crippen molar-refractivity contribution < 1.29 is 45.5 Å². The molecule has 0 aliphatic carbocycles. The number of hydrogen-bond acceptors (Lipinski definition) is 2. The van der Waals surface area contributed by atoms with Crippen molar-refractivity contribution in [2.24, 2.45) is 0 Å². The maximum Gasteiger partial charge on any atom is 0.265 e. The molecule has 0 bridgehead atoms. The number of aryl methyl sites for hydroxylation is 4. The van der Waals surface area contributed by atoms with E-state index < -0.39 is 16.1 Å². The van der Waals surface area contributed by atoms with Crippen molar-refractivity contribution in [2.45, 2.75) is 178 Å². The van der Waals surface area contributed by atoms with E-state index in [2.05, 4.69) is 281 Å². The number of phenols is 2. The molecule has 0 saturated carbocycles. The Balaban J connectivity index is 0.00000368. The molecule has 2 aromatic heterocycles. The summed E-state index contributed by atoms with van der Waals surface area (Å²) in [5, 5.41) is 33.5. The predicted octanol–water partition coefficient (Wildman–Crippen LogP) is 20.6. The first-order valence-corrected chi connectivity index (χ1v) is 37.9. The second kappa shape index (κ2) is 24.6. The van der Waals surface area contributed by atoms with Gasteiger partial charge in [-0.3, -0.25) is 0 Å². The van der Waals surface area contributed by atoms with Gasteiger partial charge >= 0.3 is 0 Å². The van der Waals surface area contributed by atoms with E-state index in [1.54, 1.807) is 0 Å². The molecule has 0 fully saturated rings. The van der Waals surface area contributed by atoms with Gasteiger partial charge in [0.2, 0.25) is 0 Å². The number of aliphatic hydroxyl groups is 2. The van der Waals surface area contributed by atoms with E-state index >= 15 is 0 Å². The van der Waals surface area contributed by atoms with Crippen molar-refractivity contribution in [3.63, 3.8) is 0 Å². The summed E-state index contributed by atoms with van der Waals surface area (Å²) in [5.74, 6) is 2.31. The molecule has 10 rings (SSSR count). The van der Waals surface area contributed by atoms with Crippen molar-refractivity contribution in [3.05, 3.63) is 181 Å². The Morgan fingerprint density at radius 3 is 0.898 bits per heavy atom. The Hall–Kier alpha value is -6.14. The summed E-state index contributed by atoms with van der Waals surface area (Å²) < 4.78 is 15.6. The monoisotopic (exact) mass is 1380 g/mol. The molecular weight excluding hydrogens is 1280 g/mol. The zero-order valence-electron chi connectivity index (χ0n) is 57.9. The van der Waals surface area contributed by atoms with Crippen molar-refractivity contribution in [3.8, 4) is 56.6 Å². The molecule has 4 N–H and O–H groups in total. The minimum atomic E-state index is -1.84. The molecule has 88 heavy (non-hydrogen) atoms. The number of rotatable bonds is 12. The van der Waals surface area contributed by atoms with E-state index in [-0.39, 0.29) is 73.9 Å². The number of hydrogen-bond donors (Lipinski definition) is 2. The van der Waals surface area contributed by atoms with Crippen LogP contribution in [0.4, 0.5) is 0 Å². The third kappa shape index (κ3) is 13.2. The van der Waals surface area contributed by atoms with Crippen LogP contribution in [0.2, 0.25) is 39.3 Å². The Morgan fingerprint density at radius 1 is 0.375 bits per heavy atom. The van der Waals surface area contributed by atoms with E-state index in [1.807, 2.05) is 0 Å². The van der Waals surface area contributed by atoms with Gasteiger partial charge in [0.1, 0.15) is 17.9 Å². The molecule has 0 amide bonds. The van der Waals surface area contributed by atoms with Crippen molar-refractivity contribution in [1.29, 1.82) is 0 Å². The van der Waals surface area contributed by atoms with Gasteiger partial charge in [-0.15, -0.1) is 0 Å². The number of phenolic OH excluding ortho intramolecular Hbond substituents is 2. The first-order chi connectivity index (χ1) is 39.4. The number of nitrogens with zero attached hydrogens (tertiary/aromatic N) is 2. The van der Waals surface area contributed by atoms with Crippen LogP contribution in [-0.4, -0.2) is 58.2 Å². The standard InChI is InChI=1S/C77H94N2O4Si2.2CH3.Hf/c1-46-34-60(70(80)68(36-46)78-64-40-50(74(5,6)7)24-28-56(64)57-29-25-51(41-65(57)78)75(8,9)10)62-44-54(84(17,18)19)38-48(3)72(62)82-32-23-33-83-73-49(4)39-55(85(20,21)22)45-63(73)61-35-47(2)37-69(71(61)81)79-66-42-52(76(11,12)13)26-30-58(66)59-31-27-53(43-67(59)79)77(14,15)16;;;/h24-31,34-45,80-81H,23,32-33H2,1-22H3;2*1H3;/q;2*-1;/p+2. The molecule has 0 aliphatic rings. The van der Waals surface area contributed by atoms with Gasteiger partial charge in [-0.1, -0.05) is 193 Å². The molecule has 0 unspecified atom stereocenters. The molecule has 2 heterocycles. The SMILES string of the molecule is Cc1cc(-c2cc([Si](C)(C)C)cc(C)c2[OH+]CCC[OH+]c2c(C)cc([Si](C)(C)C)cc2-c2cc(C)cc(-n3c4cc(C(C)(C)C)ccc4c4ccc(C(C)(C)C)cc43)c2O)c(O)c(-n2c3cc(C(C)(C)C)ccc3c3ccc(C(C)(C)C)cc32)c1.[CH3-].[CH3-].[Hf]. The summed E-state index contributed by atoms with van der Waals surface area (Å²) in [6.45, 7) is 51.3. The number of aromatic nitrogens is 2. The van der Waals surface area contributed by atoms with Crippen molar-refractivity contribution >= 4 is 70.1 Å². The van der Waals surface area contributed by atoms with Crippen LogP contribution in [0.3, 0.4) is 0 Å². The molecule has 464 valence electrons. The van der Waals surface area contributed by atoms with Gasteiger partial charge in [-0.2, -0.15) is 0 Å². The number of ether oxygens (including phenoxy) is 2. The quantitative estimate of drug-likeness (QED) is 0.0553. The van der Waals surface area contributed by atoms with Crippen LogP contribution < -0.4 is 10.4 Å². The van der Waals surface area contributed by atoms with Gasteiger partial charge in [0.25, 0.3) is 11.5 Å². The molecule has 9 heteroatoms. The van der Waals surface area contributed by atoms with Gasteiger partial charge in [0.05, 0.1) is 60.7 Å². The average molecular weight is 1380 g/mol. The van der Waals surface area contributed by atoms with Crippen molar-refractivity contribution in [1.82, 2.24) is 9.13 Å². The van der Waals surface area contributed by atoms with Gasteiger partial charge in [0.15, 0.2) is 13.2 Å². The maximum absolute atomic E-state index is 13.1. The van der Waals surface area contributed by atoms with Crippen LogP contribution in [0.15, 0.2) is 121 Å². The van der Waals surface area contributed by atoms with Crippen LogP contribution in [0.1, 0.15) is 134 Å². The Bertz CT molecular complexity index is 3870. The summed E-state index contributed by atoms with van der Waals surface area (Å²) in [5.41, 5.74) is 18.4.